The predicted octanol–water partition coefficient (Wildman–Crippen LogP) is 4.10. The third-order valence-corrected chi connectivity index (χ3v) is 4.76. The molecule has 6 nitrogen and oxygen atoms in total. The molecule has 0 fully saturated rings. The van der Waals surface area contributed by atoms with Gasteiger partial charge in [0, 0.05) is 23.2 Å². The average Bonchev–Trinajstić information content (AvgIpc) is 2.73. The van der Waals surface area contributed by atoms with Gasteiger partial charge in [0.2, 0.25) is 0 Å². The summed E-state index contributed by atoms with van der Waals surface area (Å²) in [5.74, 6) is 0.544. The van der Waals surface area contributed by atoms with Crippen LogP contribution in [0.3, 0.4) is 0 Å². The molecule has 0 radical (unpaired) electrons. The number of hydrogen-bond acceptors (Lipinski definition) is 5. The van der Waals surface area contributed by atoms with Crippen LogP contribution < -0.4 is 15.4 Å². The monoisotopic (exact) mass is 409 g/mol. The van der Waals surface area contributed by atoms with Gasteiger partial charge in [-0.15, -0.1) is 0 Å². The van der Waals surface area contributed by atoms with Crippen molar-refractivity contribution in [2.75, 3.05) is 0 Å². The Morgan fingerprint density at radius 3 is 2.45 bits per heavy atom. The summed E-state index contributed by atoms with van der Waals surface area (Å²) in [6.07, 6.45) is 1.43. The number of hydrogen-bond donors (Lipinski definition) is 2. The SMILES string of the molecule is O=c1c(-c2ccc(Cl)cc2)coc2cc(OCc3ccc([NH+]([O-])O)cc3)ccc12. The molecule has 0 saturated carbocycles. The Morgan fingerprint density at radius 1 is 1.03 bits per heavy atom. The molecule has 29 heavy (non-hydrogen) atoms. The fourth-order valence-electron chi connectivity index (χ4n) is 2.94. The standard InChI is InChI=1S/C22H16ClNO5/c23-16-5-3-15(4-6-16)20-13-29-21-11-18(9-10-19(21)22(20)25)28-12-14-1-7-17(8-2-14)24(26)27/h1-11,13,24,26H,12H2. The Labute approximate surface area is 170 Å². The summed E-state index contributed by atoms with van der Waals surface area (Å²) in [6.45, 7) is 0.262. The molecule has 0 aliphatic rings. The Hall–Kier alpha value is -3.16. The third kappa shape index (κ3) is 4.16. The zero-order valence-electron chi connectivity index (χ0n) is 15.1. The van der Waals surface area contributed by atoms with Crippen LogP contribution in [-0.2, 0) is 6.61 Å². The van der Waals surface area contributed by atoms with E-state index in [-0.39, 0.29) is 17.7 Å². The molecule has 1 heterocycles. The molecular weight excluding hydrogens is 394 g/mol. The minimum atomic E-state index is -0.972. The zero-order chi connectivity index (χ0) is 20.4. The van der Waals surface area contributed by atoms with E-state index in [2.05, 4.69) is 0 Å². The fourth-order valence-corrected chi connectivity index (χ4v) is 3.06. The first kappa shape index (κ1) is 19.2. The van der Waals surface area contributed by atoms with E-state index < -0.39 is 5.23 Å². The number of fused-ring (bicyclic) bond motifs is 1. The molecule has 2 N–H and O–H groups in total. The van der Waals surface area contributed by atoms with Crippen molar-refractivity contribution in [3.63, 3.8) is 0 Å². The van der Waals surface area contributed by atoms with Crippen molar-refractivity contribution in [2.24, 2.45) is 0 Å². The summed E-state index contributed by atoms with van der Waals surface area (Å²) in [7, 11) is 0. The number of halogens is 1. The van der Waals surface area contributed by atoms with E-state index in [0.717, 1.165) is 11.1 Å². The number of nitrogens with one attached hydrogen (secondary N) is 1. The van der Waals surface area contributed by atoms with E-state index in [4.69, 9.17) is 26.0 Å². The number of rotatable bonds is 5. The van der Waals surface area contributed by atoms with E-state index in [9.17, 15) is 10.0 Å². The van der Waals surface area contributed by atoms with Crippen molar-refractivity contribution in [3.8, 4) is 16.9 Å². The predicted molar refractivity (Wildman–Crippen MR) is 109 cm³/mol. The van der Waals surface area contributed by atoms with Crippen LogP contribution in [0.5, 0.6) is 5.75 Å². The van der Waals surface area contributed by atoms with Crippen molar-refractivity contribution in [2.45, 2.75) is 6.61 Å². The van der Waals surface area contributed by atoms with Gasteiger partial charge in [-0.25, -0.2) is 5.21 Å². The van der Waals surface area contributed by atoms with Crippen molar-refractivity contribution < 1.29 is 19.6 Å². The van der Waals surface area contributed by atoms with E-state index in [1.807, 2.05) is 0 Å². The number of ether oxygens (including phenoxy) is 1. The van der Waals surface area contributed by atoms with E-state index in [1.165, 1.54) is 18.4 Å². The summed E-state index contributed by atoms with van der Waals surface area (Å²) < 4.78 is 11.4. The molecule has 4 rings (SSSR count). The van der Waals surface area contributed by atoms with Gasteiger partial charge >= 0.3 is 0 Å². The second-order valence-electron chi connectivity index (χ2n) is 6.43. The molecule has 0 aliphatic carbocycles. The first-order valence-electron chi connectivity index (χ1n) is 8.78. The minimum absolute atomic E-state index is 0.135. The van der Waals surface area contributed by atoms with E-state index in [1.54, 1.807) is 54.6 Å². The van der Waals surface area contributed by atoms with Gasteiger partial charge in [-0.3, -0.25) is 4.79 Å². The molecule has 0 spiro atoms. The van der Waals surface area contributed by atoms with E-state index in [0.29, 0.717) is 27.3 Å². The molecule has 7 heteroatoms. The molecule has 0 amide bonds. The topological polar surface area (TPSA) is 87.2 Å². The second-order valence-corrected chi connectivity index (χ2v) is 6.87. The van der Waals surface area contributed by atoms with Crippen LogP contribution in [-0.4, -0.2) is 5.21 Å². The molecule has 0 saturated heterocycles. The second kappa shape index (κ2) is 8.06. The fraction of sp³-hybridized carbons (Fsp3) is 0.0455. The number of quaternary nitrogens is 1. The summed E-state index contributed by atoms with van der Waals surface area (Å²) in [5, 5.41) is 19.9. The van der Waals surface area contributed by atoms with Crippen LogP contribution >= 0.6 is 11.6 Å². The molecule has 1 unspecified atom stereocenters. The normalized spacial score (nSPS) is 12.1. The highest BCUT2D eigenvalue weighted by Crippen LogP contribution is 2.24. The largest absolute Gasteiger partial charge is 0.595 e. The molecule has 0 bridgehead atoms. The average molecular weight is 410 g/mol. The lowest BCUT2D eigenvalue weighted by molar-refractivity contribution is -0.991. The molecule has 1 aromatic heterocycles. The lowest BCUT2D eigenvalue weighted by Gasteiger charge is -2.12. The highest BCUT2D eigenvalue weighted by atomic mass is 35.5. The van der Waals surface area contributed by atoms with Gasteiger partial charge in [-0.05, 0) is 47.5 Å². The van der Waals surface area contributed by atoms with Gasteiger partial charge < -0.3 is 14.4 Å². The lowest BCUT2D eigenvalue weighted by atomic mass is 10.1. The Bertz CT molecular complexity index is 1200. The first-order chi connectivity index (χ1) is 14.0. The van der Waals surface area contributed by atoms with Gasteiger partial charge in [0.25, 0.3) is 0 Å². The molecular formula is C22H16ClNO5. The van der Waals surface area contributed by atoms with Crippen LogP contribution in [0.4, 0.5) is 5.69 Å². The van der Waals surface area contributed by atoms with Crippen LogP contribution in [0.1, 0.15) is 5.56 Å². The Balaban J connectivity index is 1.56. The molecule has 3 aromatic carbocycles. The van der Waals surface area contributed by atoms with Gasteiger partial charge in [0.15, 0.2) is 11.1 Å². The Morgan fingerprint density at radius 2 is 1.76 bits per heavy atom. The van der Waals surface area contributed by atoms with Crippen molar-refractivity contribution in [1.29, 1.82) is 0 Å². The van der Waals surface area contributed by atoms with Crippen molar-refractivity contribution in [1.82, 2.24) is 0 Å². The third-order valence-electron chi connectivity index (χ3n) is 4.51. The van der Waals surface area contributed by atoms with Gasteiger partial charge in [-0.2, -0.15) is 5.23 Å². The Kier molecular flexibility index (Phi) is 5.33. The summed E-state index contributed by atoms with van der Waals surface area (Å²) >= 11 is 5.91. The maximum absolute atomic E-state index is 12.8. The van der Waals surface area contributed by atoms with Crippen LogP contribution in [0.2, 0.25) is 5.02 Å². The van der Waals surface area contributed by atoms with E-state index >= 15 is 0 Å². The van der Waals surface area contributed by atoms with Crippen LogP contribution in [0.15, 0.2) is 82.2 Å². The quantitative estimate of drug-likeness (QED) is 0.485. The van der Waals surface area contributed by atoms with Gasteiger partial charge in [0.05, 0.1) is 10.9 Å². The highest BCUT2D eigenvalue weighted by Gasteiger charge is 2.10. The first-order valence-corrected chi connectivity index (χ1v) is 9.15. The maximum Gasteiger partial charge on any atom is 0.200 e. The van der Waals surface area contributed by atoms with Crippen LogP contribution in [0, 0.1) is 5.21 Å². The zero-order valence-corrected chi connectivity index (χ0v) is 15.8. The summed E-state index contributed by atoms with van der Waals surface area (Å²) in [4.78, 5) is 12.8. The van der Waals surface area contributed by atoms with Crippen LogP contribution in [0.25, 0.3) is 22.1 Å². The minimum Gasteiger partial charge on any atom is -0.595 e. The maximum atomic E-state index is 12.8. The number of benzene rings is 3. The molecule has 4 aromatic rings. The van der Waals surface area contributed by atoms with Gasteiger partial charge in [0.1, 0.15) is 24.2 Å². The smallest absolute Gasteiger partial charge is 0.200 e. The molecule has 146 valence electrons. The molecule has 1 atom stereocenters. The highest BCUT2D eigenvalue weighted by molar-refractivity contribution is 6.30. The lowest BCUT2D eigenvalue weighted by Crippen LogP contribution is -2.99. The van der Waals surface area contributed by atoms with Crippen molar-refractivity contribution >= 4 is 28.3 Å². The van der Waals surface area contributed by atoms with Crippen molar-refractivity contribution in [3.05, 3.63) is 99.0 Å². The summed E-state index contributed by atoms with van der Waals surface area (Å²) in [5.41, 5.74) is 2.53. The molecule has 0 aliphatic heterocycles. The van der Waals surface area contributed by atoms with Gasteiger partial charge in [-0.1, -0.05) is 23.7 Å². The summed E-state index contributed by atoms with van der Waals surface area (Å²) in [6, 6.07) is 18.5.